The summed E-state index contributed by atoms with van der Waals surface area (Å²) >= 11 is 6.28. The van der Waals surface area contributed by atoms with Crippen LogP contribution in [-0.2, 0) is 6.54 Å². The lowest BCUT2D eigenvalue weighted by molar-refractivity contribution is 0.109. The molecule has 112 valence electrons. The van der Waals surface area contributed by atoms with Crippen LogP contribution in [0.3, 0.4) is 0 Å². The van der Waals surface area contributed by atoms with Crippen LogP contribution in [0.2, 0.25) is 5.02 Å². The summed E-state index contributed by atoms with van der Waals surface area (Å²) in [7, 11) is 0. The van der Waals surface area contributed by atoms with Crippen molar-refractivity contribution in [3.8, 4) is 0 Å². The number of pyridine rings is 1. The van der Waals surface area contributed by atoms with Crippen LogP contribution in [0.5, 0.6) is 0 Å². The summed E-state index contributed by atoms with van der Waals surface area (Å²) in [5.74, 6) is 0.919. The molecule has 0 bridgehead atoms. The van der Waals surface area contributed by atoms with Crippen molar-refractivity contribution in [3.05, 3.63) is 22.8 Å². The van der Waals surface area contributed by atoms with Crippen molar-refractivity contribution in [3.63, 3.8) is 0 Å². The van der Waals surface area contributed by atoms with Gasteiger partial charge < -0.3 is 5.32 Å². The number of halogens is 1. The first-order valence-electron chi connectivity index (χ1n) is 7.68. The van der Waals surface area contributed by atoms with Gasteiger partial charge in [0.1, 0.15) is 5.82 Å². The Hall–Kier alpha value is -0.800. The highest BCUT2D eigenvalue weighted by Crippen LogP contribution is 2.34. The number of likely N-dealkylation sites (tertiary alicyclic amines) is 1. The molecule has 3 nitrogen and oxygen atoms in total. The van der Waals surface area contributed by atoms with Gasteiger partial charge in [-0.25, -0.2) is 4.98 Å². The monoisotopic (exact) mass is 295 g/mol. The van der Waals surface area contributed by atoms with Gasteiger partial charge in [-0.15, -0.1) is 0 Å². The van der Waals surface area contributed by atoms with Gasteiger partial charge in [-0.2, -0.15) is 0 Å². The van der Waals surface area contributed by atoms with Gasteiger partial charge >= 0.3 is 0 Å². The van der Waals surface area contributed by atoms with Crippen LogP contribution in [0, 0.1) is 5.41 Å². The molecule has 0 atom stereocenters. The summed E-state index contributed by atoms with van der Waals surface area (Å²) in [5.41, 5.74) is 1.52. The zero-order valence-corrected chi connectivity index (χ0v) is 13.6. The quantitative estimate of drug-likeness (QED) is 0.883. The predicted molar refractivity (Wildman–Crippen MR) is 86.3 cm³/mol. The lowest BCUT2D eigenvalue weighted by Crippen LogP contribution is -2.38. The molecule has 0 aromatic carbocycles. The van der Waals surface area contributed by atoms with Gasteiger partial charge in [-0.05, 0) is 50.4 Å². The number of anilines is 1. The molecule has 1 saturated heterocycles. The van der Waals surface area contributed by atoms with Gasteiger partial charge in [0.2, 0.25) is 0 Å². The fraction of sp³-hybridized carbons (Fsp3) is 0.688. The molecule has 1 aliphatic rings. The van der Waals surface area contributed by atoms with Gasteiger partial charge in [0.05, 0.1) is 10.7 Å². The maximum atomic E-state index is 6.28. The van der Waals surface area contributed by atoms with Gasteiger partial charge in [0.15, 0.2) is 0 Å². The van der Waals surface area contributed by atoms with Crippen molar-refractivity contribution in [1.82, 2.24) is 9.88 Å². The molecule has 2 rings (SSSR count). The third-order valence-corrected chi connectivity index (χ3v) is 4.91. The molecule has 0 unspecified atom stereocenters. The molecular formula is C16H26ClN3. The second-order valence-corrected chi connectivity index (χ2v) is 6.50. The summed E-state index contributed by atoms with van der Waals surface area (Å²) in [6.45, 7) is 10.8. The van der Waals surface area contributed by atoms with E-state index < -0.39 is 0 Å². The zero-order valence-electron chi connectivity index (χ0n) is 12.9. The lowest BCUT2D eigenvalue weighted by Gasteiger charge is -2.38. The van der Waals surface area contributed by atoms with Crippen LogP contribution in [-0.4, -0.2) is 29.5 Å². The normalized spacial score (nSPS) is 19.0. The number of piperidine rings is 1. The van der Waals surface area contributed by atoms with E-state index in [0.717, 1.165) is 42.7 Å². The Morgan fingerprint density at radius 2 is 2.00 bits per heavy atom. The Kier molecular flexibility index (Phi) is 5.28. The summed E-state index contributed by atoms with van der Waals surface area (Å²) < 4.78 is 0. The van der Waals surface area contributed by atoms with Crippen molar-refractivity contribution in [2.75, 3.05) is 25.0 Å². The van der Waals surface area contributed by atoms with E-state index in [1.54, 1.807) is 0 Å². The molecule has 1 fully saturated rings. The third kappa shape index (κ3) is 3.86. The predicted octanol–water partition coefficient (Wildman–Crippen LogP) is 4.18. The lowest BCUT2D eigenvalue weighted by atomic mass is 9.78. The van der Waals surface area contributed by atoms with E-state index in [9.17, 15) is 0 Å². The molecule has 0 saturated carbocycles. The first-order valence-corrected chi connectivity index (χ1v) is 8.06. The highest BCUT2D eigenvalue weighted by Gasteiger charge is 2.28. The minimum Gasteiger partial charge on any atom is -0.370 e. The Balaban J connectivity index is 1.98. The highest BCUT2D eigenvalue weighted by atomic mass is 35.5. The van der Waals surface area contributed by atoms with Gasteiger partial charge in [-0.3, -0.25) is 4.90 Å². The van der Waals surface area contributed by atoms with Crippen LogP contribution in [0.4, 0.5) is 5.82 Å². The van der Waals surface area contributed by atoms with Gasteiger partial charge in [0, 0.05) is 13.1 Å². The van der Waals surface area contributed by atoms with Crippen LogP contribution >= 0.6 is 11.6 Å². The molecule has 0 aliphatic carbocycles. The Morgan fingerprint density at radius 3 is 2.60 bits per heavy atom. The largest absolute Gasteiger partial charge is 0.370 e. The fourth-order valence-electron chi connectivity index (χ4n) is 2.69. The van der Waals surface area contributed by atoms with Crippen LogP contribution < -0.4 is 5.32 Å². The van der Waals surface area contributed by atoms with Crippen molar-refractivity contribution in [2.45, 2.75) is 46.6 Å². The topological polar surface area (TPSA) is 28.2 Å². The molecule has 1 N–H and O–H groups in total. The molecule has 1 aliphatic heterocycles. The van der Waals surface area contributed by atoms with Crippen molar-refractivity contribution < 1.29 is 0 Å². The smallest absolute Gasteiger partial charge is 0.126 e. The zero-order chi connectivity index (χ0) is 14.6. The SMILES string of the molecule is CCNc1ccc(Cl)c(CN2CCC(C)(CC)CC2)n1. The fourth-order valence-corrected chi connectivity index (χ4v) is 2.86. The van der Waals surface area contributed by atoms with E-state index in [2.05, 4.69) is 36.0 Å². The van der Waals surface area contributed by atoms with Crippen LogP contribution in [0.25, 0.3) is 0 Å². The van der Waals surface area contributed by atoms with Crippen molar-refractivity contribution in [1.29, 1.82) is 0 Å². The number of rotatable bonds is 5. The van der Waals surface area contributed by atoms with Gasteiger partial charge in [-0.1, -0.05) is 31.9 Å². The molecule has 1 aromatic heterocycles. The summed E-state index contributed by atoms with van der Waals surface area (Å²) in [6.07, 6.45) is 3.82. The second kappa shape index (κ2) is 6.77. The van der Waals surface area contributed by atoms with E-state index in [1.165, 1.54) is 19.3 Å². The van der Waals surface area contributed by atoms with E-state index in [-0.39, 0.29) is 0 Å². The summed E-state index contributed by atoms with van der Waals surface area (Å²) in [5, 5.41) is 4.02. The average Bonchev–Trinajstić information content (AvgIpc) is 2.45. The molecule has 0 spiro atoms. The molecule has 1 aromatic rings. The first kappa shape index (κ1) is 15.6. The number of aromatic nitrogens is 1. The van der Waals surface area contributed by atoms with E-state index >= 15 is 0 Å². The van der Waals surface area contributed by atoms with Crippen molar-refractivity contribution >= 4 is 17.4 Å². The van der Waals surface area contributed by atoms with E-state index in [0.29, 0.717) is 5.41 Å². The molecule has 20 heavy (non-hydrogen) atoms. The third-order valence-electron chi connectivity index (χ3n) is 4.57. The maximum absolute atomic E-state index is 6.28. The molecule has 0 radical (unpaired) electrons. The number of hydrogen-bond acceptors (Lipinski definition) is 3. The first-order chi connectivity index (χ1) is 9.56. The number of hydrogen-bond donors (Lipinski definition) is 1. The minimum atomic E-state index is 0.527. The molecule has 2 heterocycles. The standard InChI is InChI=1S/C16H26ClN3/c1-4-16(3)8-10-20(11-9-16)12-14-13(17)6-7-15(19-14)18-5-2/h6-7H,4-5,8-12H2,1-3H3,(H,18,19). The Labute approximate surface area is 127 Å². The summed E-state index contributed by atoms with van der Waals surface area (Å²) in [6, 6.07) is 3.89. The maximum Gasteiger partial charge on any atom is 0.126 e. The van der Waals surface area contributed by atoms with Gasteiger partial charge in [0.25, 0.3) is 0 Å². The van der Waals surface area contributed by atoms with E-state index in [4.69, 9.17) is 11.6 Å². The number of nitrogens with zero attached hydrogens (tertiary/aromatic N) is 2. The van der Waals surface area contributed by atoms with Crippen molar-refractivity contribution in [2.24, 2.45) is 5.41 Å². The summed E-state index contributed by atoms with van der Waals surface area (Å²) in [4.78, 5) is 7.10. The molecular weight excluding hydrogens is 270 g/mol. The minimum absolute atomic E-state index is 0.527. The average molecular weight is 296 g/mol. The molecule has 4 heteroatoms. The number of nitrogens with one attached hydrogen (secondary N) is 1. The van der Waals surface area contributed by atoms with Crippen LogP contribution in [0.15, 0.2) is 12.1 Å². The van der Waals surface area contributed by atoms with Crippen LogP contribution in [0.1, 0.15) is 45.7 Å². The Morgan fingerprint density at radius 1 is 1.30 bits per heavy atom. The molecule has 0 amide bonds. The Bertz CT molecular complexity index is 439. The second-order valence-electron chi connectivity index (χ2n) is 6.10. The highest BCUT2D eigenvalue weighted by molar-refractivity contribution is 6.31. The van der Waals surface area contributed by atoms with E-state index in [1.807, 2.05) is 12.1 Å².